The standard InChI is InChI=1S/C29H35BF2N4O2/c1-28(2)29(3,4)38-30(37-28)21-11-18-8-9-33-16-24(18)26(13-21)36-10-6-7-19-12-22(20-15-34-35(5)17-20)23(27(31)32)14-25(19)36/h11-15,17,27,33H,6-10,16H2,1-5H3. The van der Waals surface area contributed by atoms with Crippen molar-refractivity contribution in [1.29, 1.82) is 0 Å². The molecule has 0 aliphatic carbocycles. The molecular formula is C29H35BF2N4O2. The van der Waals surface area contributed by atoms with E-state index in [9.17, 15) is 8.78 Å². The van der Waals surface area contributed by atoms with Crippen LogP contribution in [0.2, 0.25) is 0 Å². The highest BCUT2D eigenvalue weighted by atomic mass is 19.3. The Hall–Kier alpha value is -2.75. The molecule has 3 aromatic rings. The molecule has 3 aliphatic rings. The van der Waals surface area contributed by atoms with Gasteiger partial charge in [-0.05, 0) is 99.4 Å². The van der Waals surface area contributed by atoms with E-state index in [0.29, 0.717) is 11.1 Å². The fourth-order valence-electron chi connectivity index (χ4n) is 5.85. The van der Waals surface area contributed by atoms with Gasteiger partial charge < -0.3 is 19.5 Å². The van der Waals surface area contributed by atoms with Gasteiger partial charge in [-0.1, -0.05) is 6.07 Å². The number of benzene rings is 2. The number of rotatable bonds is 4. The minimum Gasteiger partial charge on any atom is -0.399 e. The predicted molar refractivity (Wildman–Crippen MR) is 146 cm³/mol. The van der Waals surface area contributed by atoms with Gasteiger partial charge in [0.25, 0.3) is 6.43 Å². The van der Waals surface area contributed by atoms with Gasteiger partial charge in [0.1, 0.15) is 0 Å². The third-order valence-corrected chi connectivity index (χ3v) is 8.65. The Balaban J connectivity index is 1.47. The Labute approximate surface area is 223 Å². The molecule has 0 atom stereocenters. The number of nitrogens with zero attached hydrogens (tertiary/aromatic N) is 3. The fraction of sp³-hybridized carbons (Fsp3) is 0.483. The van der Waals surface area contributed by atoms with E-state index >= 15 is 0 Å². The van der Waals surface area contributed by atoms with E-state index in [1.54, 1.807) is 30.2 Å². The molecule has 6 rings (SSSR count). The van der Waals surface area contributed by atoms with Crippen molar-refractivity contribution < 1.29 is 18.1 Å². The molecule has 0 amide bonds. The Morgan fingerprint density at radius 3 is 2.45 bits per heavy atom. The highest BCUT2D eigenvalue weighted by Crippen LogP contribution is 2.43. The molecule has 1 saturated heterocycles. The number of halogens is 2. The first-order valence-electron chi connectivity index (χ1n) is 13.5. The maximum absolute atomic E-state index is 14.4. The predicted octanol–water partition coefficient (Wildman–Crippen LogP) is 5.05. The Bertz CT molecular complexity index is 1370. The van der Waals surface area contributed by atoms with Gasteiger partial charge in [0.15, 0.2) is 0 Å². The molecule has 200 valence electrons. The topological polar surface area (TPSA) is 51.5 Å². The van der Waals surface area contributed by atoms with Crippen LogP contribution in [-0.4, -0.2) is 41.2 Å². The van der Waals surface area contributed by atoms with Crippen molar-refractivity contribution in [2.24, 2.45) is 7.05 Å². The molecule has 1 N–H and O–H groups in total. The van der Waals surface area contributed by atoms with Crippen LogP contribution < -0.4 is 15.7 Å². The van der Waals surface area contributed by atoms with Crippen molar-refractivity contribution in [2.45, 2.75) is 71.1 Å². The molecule has 0 radical (unpaired) electrons. The maximum atomic E-state index is 14.4. The number of nitrogens with one attached hydrogen (secondary N) is 1. The largest absolute Gasteiger partial charge is 0.494 e. The summed E-state index contributed by atoms with van der Waals surface area (Å²) in [4.78, 5) is 2.23. The van der Waals surface area contributed by atoms with E-state index in [2.05, 4.69) is 55.1 Å². The molecule has 3 aliphatic heterocycles. The van der Waals surface area contributed by atoms with Gasteiger partial charge in [-0.25, -0.2) is 8.78 Å². The molecular weight excluding hydrogens is 485 g/mol. The van der Waals surface area contributed by atoms with Gasteiger partial charge in [-0.2, -0.15) is 5.10 Å². The van der Waals surface area contributed by atoms with Crippen molar-refractivity contribution in [1.82, 2.24) is 15.1 Å². The first kappa shape index (κ1) is 25.5. The van der Waals surface area contributed by atoms with E-state index in [1.165, 1.54) is 11.1 Å². The quantitative estimate of drug-likeness (QED) is 0.488. The Morgan fingerprint density at radius 1 is 1.00 bits per heavy atom. The molecule has 9 heteroatoms. The van der Waals surface area contributed by atoms with Gasteiger partial charge in [0.05, 0.1) is 17.4 Å². The van der Waals surface area contributed by atoms with Crippen LogP contribution >= 0.6 is 0 Å². The lowest BCUT2D eigenvalue weighted by molar-refractivity contribution is 0.00578. The molecule has 2 aromatic carbocycles. The lowest BCUT2D eigenvalue weighted by atomic mass is 9.76. The summed E-state index contributed by atoms with van der Waals surface area (Å²) in [6, 6.07) is 8.01. The second-order valence-electron chi connectivity index (χ2n) is 11.7. The van der Waals surface area contributed by atoms with Crippen molar-refractivity contribution >= 4 is 24.0 Å². The first-order valence-corrected chi connectivity index (χ1v) is 13.5. The molecule has 0 unspecified atom stereocenters. The number of hydrogen-bond donors (Lipinski definition) is 1. The zero-order valence-corrected chi connectivity index (χ0v) is 22.8. The van der Waals surface area contributed by atoms with Crippen molar-refractivity contribution in [3.05, 3.63) is 58.9 Å². The summed E-state index contributed by atoms with van der Waals surface area (Å²) in [6.07, 6.45) is 3.55. The molecule has 1 aromatic heterocycles. The summed E-state index contributed by atoms with van der Waals surface area (Å²) < 4.78 is 43.3. The second-order valence-corrected chi connectivity index (χ2v) is 11.7. The second kappa shape index (κ2) is 9.18. The molecule has 0 spiro atoms. The fourth-order valence-corrected chi connectivity index (χ4v) is 5.85. The van der Waals surface area contributed by atoms with Crippen LogP contribution in [0.15, 0.2) is 36.7 Å². The third kappa shape index (κ3) is 4.25. The molecule has 38 heavy (non-hydrogen) atoms. The number of aromatic nitrogens is 2. The molecule has 4 heterocycles. The molecule has 0 saturated carbocycles. The molecule has 6 nitrogen and oxygen atoms in total. The maximum Gasteiger partial charge on any atom is 0.494 e. The zero-order chi connectivity index (χ0) is 26.8. The summed E-state index contributed by atoms with van der Waals surface area (Å²) in [5.74, 6) is 0. The third-order valence-electron chi connectivity index (χ3n) is 8.65. The van der Waals surface area contributed by atoms with E-state index < -0.39 is 24.7 Å². The number of alkyl halides is 2. The van der Waals surface area contributed by atoms with Crippen molar-refractivity contribution in [3.63, 3.8) is 0 Å². The van der Waals surface area contributed by atoms with Crippen LogP contribution in [0, 0.1) is 0 Å². The van der Waals surface area contributed by atoms with Crippen molar-refractivity contribution in [2.75, 3.05) is 18.0 Å². The summed E-state index contributed by atoms with van der Waals surface area (Å²) in [7, 11) is 1.32. The lowest BCUT2D eigenvalue weighted by Gasteiger charge is -2.36. The van der Waals surface area contributed by atoms with Crippen molar-refractivity contribution in [3.8, 4) is 11.1 Å². The van der Waals surface area contributed by atoms with E-state index in [-0.39, 0.29) is 5.56 Å². The summed E-state index contributed by atoms with van der Waals surface area (Å²) in [6.45, 7) is 10.6. The SMILES string of the molecule is Cn1cc(-c2cc3c(cc2C(F)F)N(c2cc(B4OC(C)(C)C(C)(C)O4)cc4c2CNCC4)CCC3)cn1. The monoisotopic (exact) mass is 520 g/mol. The van der Waals surface area contributed by atoms with Gasteiger partial charge in [0, 0.05) is 48.8 Å². The van der Waals surface area contributed by atoms with Crippen LogP contribution in [0.1, 0.15) is 62.8 Å². The Kier molecular flexibility index (Phi) is 6.16. The molecule has 0 bridgehead atoms. The summed E-state index contributed by atoms with van der Waals surface area (Å²) >= 11 is 0. The van der Waals surface area contributed by atoms with Crippen LogP contribution in [0.25, 0.3) is 11.1 Å². The van der Waals surface area contributed by atoms with Gasteiger partial charge in [-0.3, -0.25) is 4.68 Å². The van der Waals surface area contributed by atoms with Crippen LogP contribution in [-0.2, 0) is 35.7 Å². The van der Waals surface area contributed by atoms with Crippen LogP contribution in [0.5, 0.6) is 0 Å². The summed E-state index contributed by atoms with van der Waals surface area (Å²) in [5.41, 5.74) is 6.88. The average molecular weight is 520 g/mol. The summed E-state index contributed by atoms with van der Waals surface area (Å²) in [5, 5.41) is 7.72. The zero-order valence-electron chi connectivity index (χ0n) is 22.8. The highest BCUT2D eigenvalue weighted by molar-refractivity contribution is 6.62. The molecule has 1 fully saturated rings. The lowest BCUT2D eigenvalue weighted by Crippen LogP contribution is -2.41. The van der Waals surface area contributed by atoms with Crippen LogP contribution in [0.3, 0.4) is 0 Å². The van der Waals surface area contributed by atoms with E-state index in [4.69, 9.17) is 9.31 Å². The number of aryl methyl sites for hydroxylation is 2. The van der Waals surface area contributed by atoms with Gasteiger partial charge >= 0.3 is 7.12 Å². The van der Waals surface area contributed by atoms with E-state index in [0.717, 1.165) is 61.3 Å². The van der Waals surface area contributed by atoms with Crippen LogP contribution in [0.4, 0.5) is 20.2 Å². The normalized spacial score (nSPS) is 20.1. The smallest absolute Gasteiger partial charge is 0.399 e. The van der Waals surface area contributed by atoms with E-state index in [1.807, 2.05) is 6.07 Å². The van der Waals surface area contributed by atoms with Gasteiger partial charge in [-0.15, -0.1) is 0 Å². The number of anilines is 2. The first-order chi connectivity index (χ1) is 18.0. The highest BCUT2D eigenvalue weighted by Gasteiger charge is 2.52. The minimum absolute atomic E-state index is 0.0396. The van der Waals surface area contributed by atoms with Gasteiger partial charge in [0.2, 0.25) is 0 Å². The Morgan fingerprint density at radius 2 is 1.76 bits per heavy atom. The minimum atomic E-state index is -2.59. The number of hydrogen-bond acceptors (Lipinski definition) is 5. The average Bonchev–Trinajstić information content (AvgIpc) is 3.41. The number of fused-ring (bicyclic) bond motifs is 2.